The summed E-state index contributed by atoms with van der Waals surface area (Å²) < 4.78 is 5.96. The highest BCUT2D eigenvalue weighted by atomic mass is 16.6. The average molecular weight is 249 g/mol. The minimum absolute atomic E-state index is 0.106. The summed E-state index contributed by atoms with van der Waals surface area (Å²) in [5, 5.41) is 0. The third-order valence-corrected chi connectivity index (χ3v) is 5.72. The molecule has 1 radical (unpaired) electrons. The quantitative estimate of drug-likeness (QED) is 0.712. The molecule has 4 unspecified atom stereocenters. The smallest absolute Gasteiger partial charge is 0.309 e. The van der Waals surface area contributed by atoms with Gasteiger partial charge in [0.25, 0.3) is 0 Å². The number of fused-ring (bicyclic) bond motifs is 2. The molecule has 3 aliphatic carbocycles. The number of hydrogen-bond acceptors (Lipinski definition) is 2. The largest absolute Gasteiger partial charge is 0.459 e. The van der Waals surface area contributed by atoms with Gasteiger partial charge in [-0.2, -0.15) is 0 Å². The molecule has 4 atom stereocenters. The van der Waals surface area contributed by atoms with Gasteiger partial charge < -0.3 is 4.74 Å². The van der Waals surface area contributed by atoms with E-state index in [4.69, 9.17) is 4.74 Å². The Bertz CT molecular complexity index is 328. The van der Waals surface area contributed by atoms with E-state index >= 15 is 0 Å². The van der Waals surface area contributed by atoms with E-state index in [2.05, 4.69) is 20.3 Å². The predicted molar refractivity (Wildman–Crippen MR) is 70.8 cm³/mol. The van der Waals surface area contributed by atoms with Crippen molar-refractivity contribution in [1.29, 1.82) is 0 Å². The van der Waals surface area contributed by atoms with Gasteiger partial charge >= 0.3 is 5.97 Å². The van der Waals surface area contributed by atoms with Crippen molar-refractivity contribution >= 4 is 5.97 Å². The third kappa shape index (κ3) is 1.98. The predicted octanol–water partition coefficient (Wildman–Crippen LogP) is 3.75. The van der Waals surface area contributed by atoms with E-state index in [1.54, 1.807) is 0 Å². The monoisotopic (exact) mass is 249 g/mol. The van der Waals surface area contributed by atoms with Gasteiger partial charge in [-0.1, -0.05) is 13.8 Å². The van der Waals surface area contributed by atoms with E-state index in [1.807, 2.05) is 0 Å². The summed E-state index contributed by atoms with van der Waals surface area (Å²) in [6.45, 7) is 4.45. The van der Waals surface area contributed by atoms with E-state index in [-0.39, 0.29) is 17.5 Å². The van der Waals surface area contributed by atoms with Crippen molar-refractivity contribution < 1.29 is 9.53 Å². The Kier molecular flexibility index (Phi) is 3.15. The summed E-state index contributed by atoms with van der Waals surface area (Å²) in [5.74, 6) is 2.25. The molecule has 0 aliphatic heterocycles. The lowest BCUT2D eigenvalue weighted by Gasteiger charge is -2.31. The van der Waals surface area contributed by atoms with Crippen LogP contribution in [0.5, 0.6) is 0 Å². The van der Waals surface area contributed by atoms with Crippen molar-refractivity contribution in [2.24, 2.45) is 23.7 Å². The van der Waals surface area contributed by atoms with Gasteiger partial charge in [0.05, 0.1) is 5.92 Å². The Labute approximate surface area is 110 Å². The zero-order valence-electron chi connectivity index (χ0n) is 11.7. The molecule has 0 heterocycles. The molecule has 0 N–H and O–H groups in total. The first kappa shape index (κ1) is 12.5. The van der Waals surface area contributed by atoms with Crippen molar-refractivity contribution in [2.45, 2.75) is 64.4 Å². The molecule has 0 amide bonds. The van der Waals surface area contributed by atoms with Crippen LogP contribution < -0.4 is 0 Å². The van der Waals surface area contributed by atoms with E-state index < -0.39 is 0 Å². The zero-order valence-corrected chi connectivity index (χ0v) is 11.7. The maximum Gasteiger partial charge on any atom is 0.309 e. The maximum absolute atomic E-state index is 12.4. The fraction of sp³-hybridized carbons (Fsp3) is 0.875. The van der Waals surface area contributed by atoms with Gasteiger partial charge in [0.2, 0.25) is 0 Å². The summed E-state index contributed by atoms with van der Waals surface area (Å²) in [4.78, 5) is 12.4. The van der Waals surface area contributed by atoms with Crippen LogP contribution in [0.4, 0.5) is 0 Å². The van der Waals surface area contributed by atoms with E-state index in [0.29, 0.717) is 11.8 Å². The molecule has 2 bridgehead atoms. The maximum atomic E-state index is 12.4. The summed E-state index contributed by atoms with van der Waals surface area (Å²) in [6, 6.07) is 0. The fourth-order valence-corrected chi connectivity index (χ4v) is 4.41. The Balaban J connectivity index is 1.62. The molecule has 0 aromatic carbocycles. The van der Waals surface area contributed by atoms with Gasteiger partial charge in [0, 0.05) is 0 Å². The van der Waals surface area contributed by atoms with Crippen LogP contribution in [0.1, 0.15) is 58.8 Å². The van der Waals surface area contributed by atoms with Crippen LogP contribution in [0, 0.1) is 30.1 Å². The van der Waals surface area contributed by atoms with Gasteiger partial charge in [-0.25, -0.2) is 0 Å². The van der Waals surface area contributed by atoms with Crippen LogP contribution in [0.3, 0.4) is 0 Å². The number of carbonyl (C=O) groups is 1. The molecule has 3 aliphatic rings. The molecule has 3 saturated carbocycles. The Morgan fingerprint density at radius 3 is 2.56 bits per heavy atom. The number of rotatable bonds is 3. The molecule has 0 spiro atoms. The lowest BCUT2D eigenvalue weighted by Crippen LogP contribution is -2.36. The van der Waals surface area contributed by atoms with Crippen molar-refractivity contribution in [3.63, 3.8) is 0 Å². The molecule has 101 valence electrons. The number of esters is 1. The molecular weight excluding hydrogens is 224 g/mol. The SMILES string of the molecule is CCC1(OC(=O)C2CC3CC2[CH]C3C)CCCC1. The van der Waals surface area contributed by atoms with Crippen LogP contribution in [-0.4, -0.2) is 11.6 Å². The zero-order chi connectivity index (χ0) is 12.8. The highest BCUT2D eigenvalue weighted by Crippen LogP contribution is 2.52. The first-order valence-corrected chi connectivity index (χ1v) is 7.71. The molecule has 2 nitrogen and oxygen atoms in total. The van der Waals surface area contributed by atoms with Gasteiger partial charge in [-0.15, -0.1) is 0 Å². The van der Waals surface area contributed by atoms with Gasteiger partial charge in [0.15, 0.2) is 0 Å². The van der Waals surface area contributed by atoms with Crippen molar-refractivity contribution in [3.05, 3.63) is 6.42 Å². The van der Waals surface area contributed by atoms with Gasteiger partial charge in [-0.05, 0) is 69.1 Å². The van der Waals surface area contributed by atoms with Crippen molar-refractivity contribution in [2.75, 3.05) is 0 Å². The van der Waals surface area contributed by atoms with Crippen LogP contribution in [-0.2, 0) is 9.53 Å². The summed E-state index contributed by atoms with van der Waals surface area (Å²) in [5.41, 5.74) is -0.107. The second-order valence-corrected chi connectivity index (χ2v) is 6.72. The lowest BCUT2D eigenvalue weighted by atomic mass is 9.83. The molecule has 0 aromatic rings. The highest BCUT2D eigenvalue weighted by Gasteiger charge is 2.49. The third-order valence-electron chi connectivity index (χ3n) is 5.72. The van der Waals surface area contributed by atoms with Gasteiger partial charge in [-0.3, -0.25) is 4.79 Å². The minimum Gasteiger partial charge on any atom is -0.459 e. The molecule has 3 fully saturated rings. The Morgan fingerprint density at radius 2 is 2.06 bits per heavy atom. The summed E-state index contributed by atoms with van der Waals surface area (Å²) in [6.07, 6.45) is 10.3. The lowest BCUT2D eigenvalue weighted by molar-refractivity contribution is -0.166. The molecule has 2 heteroatoms. The van der Waals surface area contributed by atoms with E-state index in [0.717, 1.165) is 31.6 Å². The number of ether oxygens (including phenoxy) is 1. The van der Waals surface area contributed by atoms with Crippen LogP contribution in [0.25, 0.3) is 0 Å². The standard InChI is InChI=1S/C16H25O2/c1-3-16(6-4-5-7-16)18-15(17)14-10-12-9-13(14)8-11(12)2/h8,11-14H,3-7,9-10H2,1-2H3. The number of hydrogen-bond donors (Lipinski definition) is 0. The Morgan fingerprint density at radius 1 is 1.33 bits per heavy atom. The highest BCUT2D eigenvalue weighted by molar-refractivity contribution is 5.74. The first-order chi connectivity index (χ1) is 8.63. The molecule has 18 heavy (non-hydrogen) atoms. The van der Waals surface area contributed by atoms with Crippen molar-refractivity contribution in [3.8, 4) is 0 Å². The Hall–Kier alpha value is -0.530. The summed E-state index contributed by atoms with van der Waals surface area (Å²) in [7, 11) is 0. The van der Waals surface area contributed by atoms with E-state index in [1.165, 1.54) is 19.3 Å². The van der Waals surface area contributed by atoms with Crippen LogP contribution in [0.15, 0.2) is 0 Å². The first-order valence-electron chi connectivity index (χ1n) is 7.71. The average Bonchev–Trinajstić information content (AvgIpc) is 3.03. The number of carbonyl (C=O) groups excluding carboxylic acids is 1. The summed E-state index contributed by atoms with van der Waals surface area (Å²) >= 11 is 0. The van der Waals surface area contributed by atoms with Crippen molar-refractivity contribution in [1.82, 2.24) is 0 Å². The van der Waals surface area contributed by atoms with Gasteiger partial charge in [0.1, 0.15) is 5.60 Å². The molecule has 0 aromatic heterocycles. The normalized spacial score (nSPS) is 41.2. The van der Waals surface area contributed by atoms with Crippen LogP contribution in [0.2, 0.25) is 0 Å². The minimum atomic E-state index is -0.107. The van der Waals surface area contributed by atoms with Crippen LogP contribution >= 0.6 is 0 Å². The molecule has 0 saturated heterocycles. The fourth-order valence-electron chi connectivity index (χ4n) is 4.41. The molecular formula is C16H25O2. The van der Waals surface area contributed by atoms with E-state index in [9.17, 15) is 4.79 Å². The second kappa shape index (κ2) is 4.54. The topological polar surface area (TPSA) is 26.3 Å². The second-order valence-electron chi connectivity index (χ2n) is 6.72. The molecule has 3 rings (SSSR count).